The Bertz CT molecular complexity index is 568. The van der Waals surface area contributed by atoms with Crippen LogP contribution in [0.1, 0.15) is 66.8 Å². The lowest BCUT2D eigenvalue weighted by Gasteiger charge is -2.31. The van der Waals surface area contributed by atoms with Crippen molar-refractivity contribution in [2.24, 2.45) is 5.92 Å². The fraction of sp³-hybridized carbons (Fsp3) is 0.556. The molecule has 2 aliphatic rings. The van der Waals surface area contributed by atoms with Crippen LogP contribution in [0.2, 0.25) is 0 Å². The van der Waals surface area contributed by atoms with E-state index in [-0.39, 0.29) is 0 Å². The van der Waals surface area contributed by atoms with Gasteiger partial charge in [-0.25, -0.2) is 0 Å². The van der Waals surface area contributed by atoms with Crippen molar-refractivity contribution in [1.29, 1.82) is 0 Å². The predicted molar refractivity (Wildman–Crippen MR) is 86.5 cm³/mol. The van der Waals surface area contributed by atoms with Gasteiger partial charge in [0.05, 0.1) is 6.26 Å². The van der Waals surface area contributed by atoms with Crippen molar-refractivity contribution in [3.63, 3.8) is 0 Å². The highest BCUT2D eigenvalue weighted by Crippen LogP contribution is 2.40. The molecular formula is C18H23NOS. The van der Waals surface area contributed by atoms with Crippen LogP contribution in [-0.4, -0.2) is 0 Å². The van der Waals surface area contributed by atoms with E-state index in [0.717, 1.165) is 12.3 Å². The van der Waals surface area contributed by atoms with Crippen LogP contribution in [0.3, 0.4) is 0 Å². The van der Waals surface area contributed by atoms with Crippen LogP contribution in [0.5, 0.6) is 0 Å². The second kappa shape index (κ2) is 5.98. The normalized spacial score (nSPS) is 24.1. The van der Waals surface area contributed by atoms with Crippen LogP contribution < -0.4 is 5.32 Å². The van der Waals surface area contributed by atoms with E-state index in [9.17, 15) is 0 Å². The zero-order valence-corrected chi connectivity index (χ0v) is 13.2. The number of hydrogen-bond acceptors (Lipinski definition) is 3. The lowest BCUT2D eigenvalue weighted by molar-refractivity contribution is 0.309. The summed E-state index contributed by atoms with van der Waals surface area (Å²) < 4.78 is 5.65. The van der Waals surface area contributed by atoms with Crippen LogP contribution in [0.25, 0.3) is 0 Å². The molecule has 2 aliphatic carbocycles. The molecule has 0 radical (unpaired) electrons. The highest BCUT2D eigenvalue weighted by atomic mass is 32.1. The van der Waals surface area contributed by atoms with Crippen molar-refractivity contribution in [2.45, 2.75) is 57.0 Å². The third-order valence-electron chi connectivity index (χ3n) is 5.15. The van der Waals surface area contributed by atoms with Gasteiger partial charge in [0.1, 0.15) is 5.76 Å². The first kappa shape index (κ1) is 13.6. The summed E-state index contributed by atoms with van der Waals surface area (Å²) in [5.74, 6) is 2.01. The largest absolute Gasteiger partial charge is 0.469 e. The number of aryl methyl sites for hydroxylation is 1. The van der Waals surface area contributed by atoms with E-state index in [1.807, 2.05) is 17.6 Å². The number of rotatable bonds is 4. The highest BCUT2D eigenvalue weighted by molar-refractivity contribution is 7.10. The summed E-state index contributed by atoms with van der Waals surface area (Å²) in [6.07, 6.45) is 11.0. The molecule has 0 aromatic carbocycles. The van der Waals surface area contributed by atoms with Crippen molar-refractivity contribution >= 4 is 11.3 Å². The number of thiophene rings is 1. The van der Waals surface area contributed by atoms with Crippen LogP contribution in [-0.2, 0) is 6.42 Å². The predicted octanol–water partition coefficient (Wildman–Crippen LogP) is 5.24. The van der Waals surface area contributed by atoms with Gasteiger partial charge < -0.3 is 9.73 Å². The molecule has 2 nitrogen and oxygen atoms in total. The topological polar surface area (TPSA) is 25.2 Å². The van der Waals surface area contributed by atoms with Gasteiger partial charge in [-0.1, -0.05) is 18.9 Å². The molecule has 2 heterocycles. The minimum atomic E-state index is 0.472. The van der Waals surface area contributed by atoms with Gasteiger partial charge in [-0.2, -0.15) is 0 Å². The molecule has 1 N–H and O–H groups in total. The lowest BCUT2D eigenvalue weighted by Crippen LogP contribution is -2.32. The Morgan fingerprint density at radius 1 is 1.14 bits per heavy atom. The molecule has 112 valence electrons. The average molecular weight is 301 g/mol. The molecule has 2 unspecified atom stereocenters. The molecule has 0 saturated heterocycles. The second-order valence-corrected chi connectivity index (χ2v) is 7.43. The molecule has 1 fully saturated rings. The minimum absolute atomic E-state index is 0.472. The summed E-state index contributed by atoms with van der Waals surface area (Å²) in [6, 6.07) is 7.67. The Hall–Kier alpha value is -1.06. The third kappa shape index (κ3) is 2.69. The van der Waals surface area contributed by atoms with E-state index >= 15 is 0 Å². The smallest absolute Gasteiger partial charge is 0.108 e. The first-order valence-electron chi connectivity index (χ1n) is 8.27. The molecule has 0 spiro atoms. The molecule has 0 amide bonds. The van der Waals surface area contributed by atoms with Gasteiger partial charge >= 0.3 is 0 Å². The molecular weight excluding hydrogens is 278 g/mol. The molecule has 3 heteroatoms. The van der Waals surface area contributed by atoms with Crippen molar-refractivity contribution < 1.29 is 4.42 Å². The van der Waals surface area contributed by atoms with Crippen LogP contribution in [0.4, 0.5) is 0 Å². The summed E-state index contributed by atoms with van der Waals surface area (Å²) >= 11 is 1.90. The van der Waals surface area contributed by atoms with E-state index in [4.69, 9.17) is 4.42 Å². The summed E-state index contributed by atoms with van der Waals surface area (Å²) in [7, 11) is 0. The van der Waals surface area contributed by atoms with Gasteiger partial charge in [0.2, 0.25) is 0 Å². The van der Waals surface area contributed by atoms with E-state index in [0.29, 0.717) is 12.1 Å². The first-order valence-corrected chi connectivity index (χ1v) is 9.15. The van der Waals surface area contributed by atoms with Gasteiger partial charge in [0, 0.05) is 28.9 Å². The van der Waals surface area contributed by atoms with Crippen molar-refractivity contribution in [3.8, 4) is 0 Å². The van der Waals surface area contributed by atoms with Crippen molar-refractivity contribution in [3.05, 3.63) is 46.0 Å². The Balaban J connectivity index is 1.58. The number of fused-ring (bicyclic) bond motifs is 1. The quantitative estimate of drug-likeness (QED) is 0.835. The summed E-state index contributed by atoms with van der Waals surface area (Å²) in [6.45, 7) is 0. The fourth-order valence-corrected chi connectivity index (χ4v) is 4.96. The maximum atomic E-state index is 5.65. The maximum Gasteiger partial charge on any atom is 0.108 e. The Morgan fingerprint density at radius 2 is 2.05 bits per heavy atom. The van der Waals surface area contributed by atoms with Crippen molar-refractivity contribution in [1.82, 2.24) is 5.32 Å². The Labute approximate surface area is 130 Å². The van der Waals surface area contributed by atoms with Crippen LogP contribution in [0, 0.1) is 5.92 Å². The van der Waals surface area contributed by atoms with Crippen LogP contribution >= 0.6 is 11.3 Å². The maximum absolute atomic E-state index is 5.65. The van der Waals surface area contributed by atoms with E-state index in [2.05, 4.69) is 28.9 Å². The van der Waals surface area contributed by atoms with E-state index in [1.165, 1.54) is 54.7 Å². The molecule has 2 atom stereocenters. The van der Waals surface area contributed by atoms with Crippen molar-refractivity contribution in [2.75, 3.05) is 0 Å². The zero-order valence-electron chi connectivity index (χ0n) is 12.4. The minimum Gasteiger partial charge on any atom is -0.469 e. The molecule has 2 aromatic heterocycles. The molecule has 21 heavy (non-hydrogen) atoms. The third-order valence-corrected chi connectivity index (χ3v) is 6.11. The zero-order chi connectivity index (χ0) is 14.1. The number of nitrogens with one attached hydrogen (secondary N) is 1. The van der Waals surface area contributed by atoms with Gasteiger partial charge in [0.25, 0.3) is 0 Å². The second-order valence-electron chi connectivity index (χ2n) is 6.45. The highest BCUT2D eigenvalue weighted by Gasteiger charge is 2.31. The number of hydrogen-bond donors (Lipinski definition) is 1. The summed E-state index contributed by atoms with van der Waals surface area (Å²) in [4.78, 5) is 1.51. The van der Waals surface area contributed by atoms with E-state index in [1.54, 1.807) is 0 Å². The molecule has 0 bridgehead atoms. The SMILES string of the molecule is c1csc(C(NC2CCCc3occc32)C2CCCC2)c1. The summed E-state index contributed by atoms with van der Waals surface area (Å²) in [5.41, 5.74) is 1.40. The molecule has 0 aliphatic heterocycles. The fourth-order valence-electron chi connectivity index (χ4n) is 4.09. The monoisotopic (exact) mass is 301 g/mol. The average Bonchev–Trinajstić information content (AvgIpc) is 3.24. The van der Waals surface area contributed by atoms with Gasteiger partial charge in [-0.3, -0.25) is 0 Å². The lowest BCUT2D eigenvalue weighted by atomic mass is 9.90. The Morgan fingerprint density at radius 3 is 2.86 bits per heavy atom. The Kier molecular flexibility index (Phi) is 3.87. The van der Waals surface area contributed by atoms with E-state index < -0.39 is 0 Å². The standard InChI is InChI=1S/C18H23NOS/c1-2-6-13(5-1)18(17-9-4-12-21-17)19-15-7-3-8-16-14(15)10-11-20-16/h4,9-13,15,18-19H,1-3,5-8H2. The van der Waals surface area contributed by atoms with Gasteiger partial charge in [-0.05, 0) is 49.1 Å². The molecule has 4 rings (SSSR count). The molecule has 2 aromatic rings. The first-order chi connectivity index (χ1) is 10.4. The molecule has 1 saturated carbocycles. The number of furan rings is 1. The van der Waals surface area contributed by atoms with Gasteiger partial charge in [0.15, 0.2) is 0 Å². The van der Waals surface area contributed by atoms with Crippen LogP contribution in [0.15, 0.2) is 34.3 Å². The van der Waals surface area contributed by atoms with Gasteiger partial charge in [-0.15, -0.1) is 11.3 Å². The summed E-state index contributed by atoms with van der Waals surface area (Å²) in [5, 5.41) is 6.20.